The molecule has 5 heteroatoms. The van der Waals surface area contributed by atoms with Gasteiger partial charge in [0, 0.05) is 22.7 Å². The number of ether oxygens (including phenoxy) is 1. The first-order valence-corrected chi connectivity index (χ1v) is 8.31. The fraction of sp³-hybridized carbons (Fsp3) is 0.222. The van der Waals surface area contributed by atoms with Crippen molar-refractivity contribution in [3.8, 4) is 0 Å². The lowest BCUT2D eigenvalue weighted by Crippen LogP contribution is -2.38. The summed E-state index contributed by atoms with van der Waals surface area (Å²) in [5.41, 5.74) is 2.06. The molecular weight excluding hydrogens is 310 g/mol. The van der Waals surface area contributed by atoms with Gasteiger partial charge in [-0.05, 0) is 42.5 Å². The molecule has 1 atom stereocenters. The van der Waals surface area contributed by atoms with Crippen molar-refractivity contribution >= 4 is 35.0 Å². The van der Waals surface area contributed by atoms with Gasteiger partial charge in [-0.2, -0.15) is 0 Å². The van der Waals surface area contributed by atoms with E-state index in [2.05, 4.69) is 0 Å². The lowest BCUT2D eigenvalue weighted by molar-refractivity contribution is -0.143. The number of hydrogen-bond acceptors (Lipinski definition) is 4. The standard InChI is InChI=1S/C18H17NO3S/c1-13-11-14-5-2-3-7-16(14)19(13)17(20)12-22-18(21)9-8-15-6-4-10-23-15/h2-10,13H,11-12H2,1H3/b9-8+/t13-/m0/s1. The monoisotopic (exact) mass is 327 g/mol. The molecule has 1 aliphatic rings. The molecule has 1 aromatic carbocycles. The second-order valence-corrected chi connectivity index (χ2v) is 6.38. The highest BCUT2D eigenvalue weighted by Gasteiger charge is 2.30. The van der Waals surface area contributed by atoms with Crippen LogP contribution >= 0.6 is 11.3 Å². The molecule has 2 aromatic rings. The third kappa shape index (κ3) is 3.51. The number of amides is 1. The molecular formula is C18H17NO3S. The zero-order valence-corrected chi connectivity index (χ0v) is 13.6. The molecule has 1 amide bonds. The van der Waals surface area contributed by atoms with E-state index in [-0.39, 0.29) is 18.6 Å². The van der Waals surface area contributed by atoms with Crippen molar-refractivity contribution in [1.29, 1.82) is 0 Å². The first-order chi connectivity index (χ1) is 11.1. The zero-order valence-electron chi connectivity index (χ0n) is 12.8. The molecule has 1 aliphatic heterocycles. The minimum atomic E-state index is -0.508. The highest BCUT2D eigenvalue weighted by Crippen LogP contribution is 2.31. The van der Waals surface area contributed by atoms with Crippen LogP contribution in [0.2, 0.25) is 0 Å². The number of thiophene rings is 1. The van der Waals surface area contributed by atoms with E-state index >= 15 is 0 Å². The molecule has 0 unspecified atom stereocenters. The van der Waals surface area contributed by atoms with E-state index in [0.717, 1.165) is 22.5 Å². The summed E-state index contributed by atoms with van der Waals surface area (Å²) >= 11 is 1.53. The van der Waals surface area contributed by atoms with Gasteiger partial charge in [-0.3, -0.25) is 4.79 Å². The maximum atomic E-state index is 12.4. The third-order valence-corrected chi connectivity index (χ3v) is 4.58. The van der Waals surface area contributed by atoms with Crippen LogP contribution in [-0.2, 0) is 20.7 Å². The van der Waals surface area contributed by atoms with Gasteiger partial charge in [-0.1, -0.05) is 24.3 Å². The smallest absolute Gasteiger partial charge is 0.331 e. The molecule has 0 saturated heterocycles. The third-order valence-electron chi connectivity index (χ3n) is 3.74. The summed E-state index contributed by atoms with van der Waals surface area (Å²) in [6.07, 6.45) is 3.86. The lowest BCUT2D eigenvalue weighted by atomic mass is 10.1. The number of anilines is 1. The van der Waals surface area contributed by atoms with Gasteiger partial charge in [-0.25, -0.2) is 4.79 Å². The van der Waals surface area contributed by atoms with Gasteiger partial charge in [0.25, 0.3) is 5.91 Å². The van der Waals surface area contributed by atoms with Crippen LogP contribution < -0.4 is 4.90 Å². The number of benzene rings is 1. The molecule has 0 fully saturated rings. The van der Waals surface area contributed by atoms with Crippen LogP contribution in [0, 0.1) is 0 Å². The number of fused-ring (bicyclic) bond motifs is 1. The highest BCUT2D eigenvalue weighted by molar-refractivity contribution is 7.10. The van der Waals surface area contributed by atoms with E-state index in [1.54, 1.807) is 11.0 Å². The maximum Gasteiger partial charge on any atom is 0.331 e. The van der Waals surface area contributed by atoms with Gasteiger partial charge in [0.2, 0.25) is 0 Å². The maximum absolute atomic E-state index is 12.4. The normalized spacial score (nSPS) is 16.6. The molecule has 1 aromatic heterocycles. The van der Waals surface area contributed by atoms with Crippen molar-refractivity contribution in [2.75, 3.05) is 11.5 Å². The van der Waals surface area contributed by atoms with Crippen LogP contribution in [-0.4, -0.2) is 24.5 Å². The fourth-order valence-corrected chi connectivity index (χ4v) is 3.35. The molecule has 118 valence electrons. The summed E-state index contributed by atoms with van der Waals surface area (Å²) in [7, 11) is 0. The molecule has 0 radical (unpaired) electrons. The average Bonchev–Trinajstić information content (AvgIpc) is 3.17. The van der Waals surface area contributed by atoms with Gasteiger partial charge in [0.15, 0.2) is 6.61 Å². The topological polar surface area (TPSA) is 46.6 Å². The SMILES string of the molecule is C[C@H]1Cc2ccccc2N1C(=O)COC(=O)/C=C/c1cccs1. The Kier molecular flexibility index (Phi) is 4.57. The average molecular weight is 327 g/mol. The van der Waals surface area contributed by atoms with Crippen LogP contribution in [0.25, 0.3) is 6.08 Å². The number of rotatable bonds is 4. The van der Waals surface area contributed by atoms with E-state index in [9.17, 15) is 9.59 Å². The Labute approximate surface area is 139 Å². The summed E-state index contributed by atoms with van der Waals surface area (Å²) in [5, 5.41) is 1.93. The van der Waals surface area contributed by atoms with Gasteiger partial charge in [-0.15, -0.1) is 11.3 Å². The Morgan fingerprint density at radius 3 is 2.91 bits per heavy atom. The second-order valence-electron chi connectivity index (χ2n) is 5.40. The minimum absolute atomic E-state index is 0.0836. The van der Waals surface area contributed by atoms with Crippen molar-refractivity contribution in [1.82, 2.24) is 0 Å². The summed E-state index contributed by atoms with van der Waals surface area (Å²) in [5.74, 6) is -0.702. The number of para-hydroxylation sites is 1. The Hall–Kier alpha value is -2.40. The van der Waals surface area contributed by atoms with E-state index in [4.69, 9.17) is 4.74 Å². The first-order valence-electron chi connectivity index (χ1n) is 7.43. The predicted molar refractivity (Wildman–Crippen MR) is 91.4 cm³/mol. The number of nitrogens with zero attached hydrogens (tertiary/aromatic N) is 1. The van der Waals surface area contributed by atoms with E-state index in [1.807, 2.05) is 48.7 Å². The number of hydrogen-bond donors (Lipinski definition) is 0. The van der Waals surface area contributed by atoms with Crippen molar-refractivity contribution < 1.29 is 14.3 Å². The van der Waals surface area contributed by atoms with Gasteiger partial charge in [0.05, 0.1) is 0 Å². The molecule has 23 heavy (non-hydrogen) atoms. The van der Waals surface area contributed by atoms with Gasteiger partial charge < -0.3 is 9.64 Å². The first kappa shape index (κ1) is 15.5. The second kappa shape index (κ2) is 6.79. The summed E-state index contributed by atoms with van der Waals surface area (Å²) in [4.78, 5) is 26.8. The van der Waals surface area contributed by atoms with Crippen LogP contribution in [0.5, 0.6) is 0 Å². The summed E-state index contributed by atoms with van der Waals surface area (Å²) in [6, 6.07) is 11.7. The number of esters is 1. The van der Waals surface area contributed by atoms with Gasteiger partial charge >= 0.3 is 5.97 Å². The lowest BCUT2D eigenvalue weighted by Gasteiger charge is -2.22. The van der Waals surface area contributed by atoms with E-state index in [0.29, 0.717) is 0 Å². The van der Waals surface area contributed by atoms with E-state index in [1.165, 1.54) is 17.4 Å². The van der Waals surface area contributed by atoms with Crippen LogP contribution in [0.4, 0.5) is 5.69 Å². The van der Waals surface area contributed by atoms with Crippen LogP contribution in [0.1, 0.15) is 17.4 Å². The molecule has 0 saturated carbocycles. The van der Waals surface area contributed by atoms with Crippen molar-refractivity contribution in [2.24, 2.45) is 0 Å². The van der Waals surface area contributed by atoms with Crippen molar-refractivity contribution in [3.63, 3.8) is 0 Å². The summed E-state index contributed by atoms with van der Waals surface area (Å²) < 4.78 is 5.07. The fourth-order valence-electron chi connectivity index (χ4n) is 2.73. The van der Waals surface area contributed by atoms with Crippen molar-refractivity contribution in [2.45, 2.75) is 19.4 Å². The molecule has 3 rings (SSSR count). The minimum Gasteiger partial charge on any atom is -0.452 e. The van der Waals surface area contributed by atoms with Crippen LogP contribution in [0.3, 0.4) is 0 Å². The number of carbonyl (C=O) groups is 2. The quantitative estimate of drug-likeness (QED) is 0.639. The number of carbonyl (C=O) groups excluding carboxylic acids is 2. The molecule has 0 spiro atoms. The zero-order chi connectivity index (χ0) is 16.2. The Bertz CT molecular complexity index is 736. The Morgan fingerprint density at radius 2 is 2.13 bits per heavy atom. The molecule has 0 N–H and O–H groups in total. The highest BCUT2D eigenvalue weighted by atomic mass is 32.1. The Balaban J connectivity index is 1.58. The van der Waals surface area contributed by atoms with Gasteiger partial charge in [0.1, 0.15) is 0 Å². The molecule has 4 nitrogen and oxygen atoms in total. The Morgan fingerprint density at radius 1 is 1.30 bits per heavy atom. The summed E-state index contributed by atoms with van der Waals surface area (Å²) in [6.45, 7) is 1.75. The molecule has 0 bridgehead atoms. The molecule has 0 aliphatic carbocycles. The van der Waals surface area contributed by atoms with E-state index < -0.39 is 5.97 Å². The largest absolute Gasteiger partial charge is 0.452 e. The molecule has 2 heterocycles. The predicted octanol–water partition coefficient (Wildman–Crippen LogP) is 3.28. The van der Waals surface area contributed by atoms with Crippen LogP contribution in [0.15, 0.2) is 47.9 Å². The van der Waals surface area contributed by atoms with Crippen molar-refractivity contribution in [3.05, 3.63) is 58.3 Å².